The van der Waals surface area contributed by atoms with E-state index in [2.05, 4.69) is 9.55 Å². The molecule has 0 saturated heterocycles. The van der Waals surface area contributed by atoms with E-state index in [4.69, 9.17) is 5.73 Å². The van der Waals surface area contributed by atoms with Gasteiger partial charge in [0, 0.05) is 18.8 Å². The fourth-order valence-corrected chi connectivity index (χ4v) is 1.52. The topological polar surface area (TPSA) is 43.8 Å². The molecule has 0 aromatic carbocycles. The number of halogens is 2. The number of rotatable bonds is 0. The van der Waals surface area contributed by atoms with Crippen LogP contribution in [0, 0.1) is 0 Å². The second-order valence-corrected chi connectivity index (χ2v) is 2.83. The van der Waals surface area contributed by atoms with E-state index in [0.29, 0.717) is 0 Å². The van der Waals surface area contributed by atoms with Crippen LogP contribution in [0.2, 0.25) is 0 Å². The van der Waals surface area contributed by atoms with Crippen molar-refractivity contribution in [1.82, 2.24) is 9.55 Å². The van der Waals surface area contributed by atoms with Crippen molar-refractivity contribution in [3.05, 3.63) is 17.7 Å². The highest BCUT2D eigenvalue weighted by atomic mass is 35.5. The smallest absolute Gasteiger partial charge is 0.0949 e. The maximum Gasteiger partial charge on any atom is 0.0949 e. The number of nitrogens with two attached hydrogens (primary N) is 1. The predicted molar refractivity (Wildman–Crippen MR) is 53.0 cm³/mol. The van der Waals surface area contributed by atoms with Crippen LogP contribution in [0.5, 0.6) is 0 Å². The van der Waals surface area contributed by atoms with Gasteiger partial charge in [-0.2, -0.15) is 0 Å². The molecule has 2 rings (SSSR count). The van der Waals surface area contributed by atoms with Gasteiger partial charge < -0.3 is 10.3 Å². The molecule has 1 aromatic rings. The van der Waals surface area contributed by atoms with E-state index in [1.165, 1.54) is 5.69 Å². The van der Waals surface area contributed by atoms with Crippen LogP contribution in [0.25, 0.3) is 0 Å². The zero-order valence-electron chi connectivity index (χ0n) is 6.86. The maximum absolute atomic E-state index is 5.78. The van der Waals surface area contributed by atoms with E-state index in [0.717, 1.165) is 18.5 Å². The van der Waals surface area contributed by atoms with Gasteiger partial charge in [0.05, 0.1) is 12.0 Å². The highest BCUT2D eigenvalue weighted by Crippen LogP contribution is 2.26. The van der Waals surface area contributed by atoms with Crippen LogP contribution >= 0.6 is 24.8 Å². The number of imidazole rings is 1. The van der Waals surface area contributed by atoms with E-state index in [1.54, 1.807) is 0 Å². The molecule has 1 heterocycles. The molecule has 5 heteroatoms. The van der Waals surface area contributed by atoms with E-state index in [1.807, 2.05) is 13.4 Å². The fraction of sp³-hybridized carbons (Fsp3) is 0.571. The van der Waals surface area contributed by atoms with E-state index in [-0.39, 0.29) is 30.9 Å². The molecule has 0 aliphatic heterocycles. The molecule has 70 valence electrons. The lowest BCUT2D eigenvalue weighted by molar-refractivity contribution is 0.684. The summed E-state index contributed by atoms with van der Waals surface area (Å²) in [7, 11) is 2.02. The Hall–Kier alpha value is -0.250. The summed E-state index contributed by atoms with van der Waals surface area (Å²) in [6, 6.07) is 0.191. The van der Waals surface area contributed by atoms with Crippen molar-refractivity contribution in [1.29, 1.82) is 0 Å². The Kier molecular flexibility index (Phi) is 4.03. The summed E-state index contributed by atoms with van der Waals surface area (Å²) < 4.78 is 2.06. The van der Waals surface area contributed by atoms with Crippen LogP contribution < -0.4 is 5.73 Å². The minimum Gasteiger partial charge on any atom is -0.337 e. The number of fused-ring (bicyclic) bond motifs is 1. The van der Waals surface area contributed by atoms with Crippen molar-refractivity contribution in [3.8, 4) is 0 Å². The highest BCUT2D eigenvalue weighted by molar-refractivity contribution is 5.85. The predicted octanol–water partition coefficient (Wildman–Crippen LogP) is 1.21. The van der Waals surface area contributed by atoms with Gasteiger partial charge >= 0.3 is 0 Å². The van der Waals surface area contributed by atoms with Gasteiger partial charge in [-0.25, -0.2) is 4.98 Å². The van der Waals surface area contributed by atoms with Crippen molar-refractivity contribution >= 4 is 24.8 Å². The Balaban J connectivity index is 0.000000605. The van der Waals surface area contributed by atoms with Gasteiger partial charge in [-0.1, -0.05) is 0 Å². The molecule has 1 aliphatic carbocycles. The first-order valence-corrected chi connectivity index (χ1v) is 3.54. The molecule has 0 bridgehead atoms. The lowest BCUT2D eigenvalue weighted by atomic mass is 10.3. The Morgan fingerprint density at radius 1 is 1.58 bits per heavy atom. The molecule has 12 heavy (non-hydrogen) atoms. The molecule has 0 unspecified atom stereocenters. The molecule has 3 nitrogen and oxygen atoms in total. The first kappa shape index (κ1) is 11.8. The summed E-state index contributed by atoms with van der Waals surface area (Å²) in [6.07, 6.45) is 3.99. The number of nitrogens with zero attached hydrogens (tertiary/aromatic N) is 2. The molecule has 0 radical (unpaired) electrons. The van der Waals surface area contributed by atoms with Crippen LogP contribution in [0.4, 0.5) is 0 Å². The average Bonchev–Trinajstić information content (AvgIpc) is 2.41. The van der Waals surface area contributed by atoms with Crippen molar-refractivity contribution in [3.63, 3.8) is 0 Å². The zero-order chi connectivity index (χ0) is 7.14. The van der Waals surface area contributed by atoms with E-state index < -0.39 is 0 Å². The van der Waals surface area contributed by atoms with Crippen LogP contribution in [0.15, 0.2) is 6.33 Å². The molecule has 0 amide bonds. The zero-order valence-corrected chi connectivity index (χ0v) is 8.49. The third kappa shape index (κ3) is 1.58. The standard InChI is InChI=1S/C7H11N3.2ClH/c1-10-4-9-7-5(8)2-3-6(7)10;;/h4-5H,2-3,8H2,1H3;2*1H/t5-;;/m1../s1. The summed E-state index contributed by atoms with van der Waals surface area (Å²) in [4.78, 5) is 4.22. The molecular formula is C7H13Cl2N3. The Labute approximate surface area is 84.2 Å². The van der Waals surface area contributed by atoms with Gasteiger partial charge in [0.2, 0.25) is 0 Å². The van der Waals surface area contributed by atoms with Crippen molar-refractivity contribution in [2.75, 3.05) is 0 Å². The number of aryl methyl sites for hydroxylation is 1. The summed E-state index contributed by atoms with van der Waals surface area (Å²) in [5, 5.41) is 0. The molecule has 0 saturated carbocycles. The monoisotopic (exact) mass is 209 g/mol. The van der Waals surface area contributed by atoms with E-state index in [9.17, 15) is 0 Å². The fourth-order valence-electron chi connectivity index (χ4n) is 1.52. The third-order valence-electron chi connectivity index (χ3n) is 2.13. The lowest BCUT2D eigenvalue weighted by Crippen LogP contribution is -2.05. The van der Waals surface area contributed by atoms with Gasteiger partial charge in [0.25, 0.3) is 0 Å². The van der Waals surface area contributed by atoms with Gasteiger partial charge in [-0.3, -0.25) is 0 Å². The molecule has 0 fully saturated rings. The van der Waals surface area contributed by atoms with Crippen LogP contribution in [-0.4, -0.2) is 9.55 Å². The summed E-state index contributed by atoms with van der Waals surface area (Å²) >= 11 is 0. The van der Waals surface area contributed by atoms with Crippen molar-refractivity contribution < 1.29 is 0 Å². The minimum absolute atomic E-state index is 0. The van der Waals surface area contributed by atoms with Crippen molar-refractivity contribution in [2.45, 2.75) is 18.9 Å². The molecule has 1 aromatic heterocycles. The highest BCUT2D eigenvalue weighted by Gasteiger charge is 2.22. The molecule has 0 spiro atoms. The summed E-state index contributed by atoms with van der Waals surface area (Å²) in [5.74, 6) is 0. The molecular weight excluding hydrogens is 197 g/mol. The minimum atomic E-state index is 0. The van der Waals surface area contributed by atoms with Crippen LogP contribution in [0.1, 0.15) is 23.9 Å². The van der Waals surface area contributed by atoms with Gasteiger partial charge in [-0.15, -0.1) is 24.8 Å². The quantitative estimate of drug-likeness (QED) is 0.699. The first-order valence-electron chi connectivity index (χ1n) is 3.54. The molecule has 1 aliphatic rings. The average molecular weight is 210 g/mol. The number of hydrogen-bond donors (Lipinski definition) is 1. The van der Waals surface area contributed by atoms with E-state index >= 15 is 0 Å². The summed E-state index contributed by atoms with van der Waals surface area (Å²) in [5.41, 5.74) is 8.20. The first-order chi connectivity index (χ1) is 4.79. The summed E-state index contributed by atoms with van der Waals surface area (Å²) in [6.45, 7) is 0. The number of hydrogen-bond acceptors (Lipinski definition) is 2. The Bertz CT molecular complexity index is 259. The van der Waals surface area contributed by atoms with Gasteiger partial charge in [0.1, 0.15) is 0 Å². The van der Waals surface area contributed by atoms with Crippen LogP contribution in [-0.2, 0) is 13.5 Å². The molecule has 1 atom stereocenters. The van der Waals surface area contributed by atoms with Gasteiger partial charge in [0.15, 0.2) is 0 Å². The maximum atomic E-state index is 5.78. The second-order valence-electron chi connectivity index (χ2n) is 2.83. The lowest BCUT2D eigenvalue weighted by Gasteiger charge is -1.95. The van der Waals surface area contributed by atoms with Crippen LogP contribution in [0.3, 0.4) is 0 Å². The number of aromatic nitrogens is 2. The van der Waals surface area contributed by atoms with Crippen molar-refractivity contribution in [2.24, 2.45) is 12.8 Å². The molecule has 2 N–H and O–H groups in total. The largest absolute Gasteiger partial charge is 0.337 e. The normalized spacial score (nSPS) is 19.3. The SMILES string of the molecule is Cl.Cl.Cn1cnc2c1CC[C@H]2N. The third-order valence-corrected chi connectivity index (χ3v) is 2.13. The Morgan fingerprint density at radius 3 is 2.83 bits per heavy atom. The second kappa shape index (κ2) is 4.12. The van der Waals surface area contributed by atoms with Gasteiger partial charge in [-0.05, 0) is 12.8 Å². The Morgan fingerprint density at radius 2 is 2.25 bits per heavy atom.